The summed E-state index contributed by atoms with van der Waals surface area (Å²) in [6.07, 6.45) is 0. The van der Waals surface area contributed by atoms with Gasteiger partial charge < -0.3 is 25.6 Å². The van der Waals surface area contributed by atoms with Gasteiger partial charge in [-0.05, 0) is 30.3 Å². The van der Waals surface area contributed by atoms with Gasteiger partial charge in [0.05, 0.1) is 13.7 Å². The van der Waals surface area contributed by atoms with Crippen LogP contribution in [0.3, 0.4) is 0 Å². The number of rotatable bonds is 9. The molecule has 0 spiro atoms. The van der Waals surface area contributed by atoms with Crippen molar-refractivity contribution in [3.05, 3.63) is 58.6 Å². The fourth-order valence-corrected chi connectivity index (χ4v) is 3.15. The molecule has 8 nitrogen and oxygen atoms in total. The molecule has 0 saturated carbocycles. The van der Waals surface area contributed by atoms with E-state index in [0.717, 1.165) is 28.1 Å². The van der Waals surface area contributed by atoms with E-state index in [1.54, 1.807) is 18.9 Å². The Morgan fingerprint density at radius 2 is 1.67 bits per heavy atom. The lowest BCUT2D eigenvalue weighted by Gasteiger charge is -2.10. The molecule has 2 aromatic rings. The van der Waals surface area contributed by atoms with Crippen LogP contribution in [0.4, 0.5) is 0 Å². The first-order valence-electron chi connectivity index (χ1n) is 8.77. The third kappa shape index (κ3) is 10.8. The molecule has 0 aliphatic rings. The number of amides is 1. The number of hydrogen-bond donors (Lipinski definition) is 4. The number of thioether (sulfide) groups is 1. The fraction of sp³-hybridized carbons (Fsp3) is 0.250. The van der Waals surface area contributed by atoms with Gasteiger partial charge >= 0.3 is 11.9 Å². The first-order chi connectivity index (χ1) is 14.3. The highest BCUT2D eigenvalue weighted by molar-refractivity contribution is 9.10. The zero-order valence-corrected chi connectivity index (χ0v) is 18.7. The summed E-state index contributed by atoms with van der Waals surface area (Å²) >= 11 is 5.19. The van der Waals surface area contributed by atoms with Crippen LogP contribution in [-0.4, -0.2) is 54.0 Å². The predicted molar refractivity (Wildman–Crippen MR) is 118 cm³/mol. The minimum atomic E-state index is -1.82. The molecule has 162 valence electrons. The van der Waals surface area contributed by atoms with Crippen molar-refractivity contribution >= 4 is 45.5 Å². The highest BCUT2D eigenvalue weighted by atomic mass is 79.9. The molecule has 4 N–H and O–H groups in total. The molecule has 0 radical (unpaired) electrons. The number of carbonyl (C=O) groups excluding carboxylic acids is 1. The molecular formula is C20H23BrN2O6S. The average Bonchev–Trinajstić information content (AvgIpc) is 2.74. The van der Waals surface area contributed by atoms with Gasteiger partial charge in [-0.25, -0.2) is 9.59 Å². The Morgan fingerprint density at radius 1 is 1.03 bits per heavy atom. The molecular weight excluding hydrogens is 476 g/mol. The number of hydrogen-bond acceptors (Lipinski definition) is 6. The van der Waals surface area contributed by atoms with Gasteiger partial charge in [-0.1, -0.05) is 34.1 Å². The lowest BCUT2D eigenvalue weighted by atomic mass is 10.2. The normalized spacial score (nSPS) is 9.80. The predicted octanol–water partition coefficient (Wildman–Crippen LogP) is 2.61. The Kier molecular flexibility index (Phi) is 12.3. The molecule has 0 aliphatic heterocycles. The summed E-state index contributed by atoms with van der Waals surface area (Å²) in [6.45, 7) is 1.57. The van der Waals surface area contributed by atoms with Gasteiger partial charge in [0.15, 0.2) is 0 Å². The van der Waals surface area contributed by atoms with E-state index in [4.69, 9.17) is 24.5 Å². The molecule has 0 saturated heterocycles. The summed E-state index contributed by atoms with van der Waals surface area (Å²) in [7, 11) is 1.63. The maximum absolute atomic E-state index is 11.9. The third-order valence-electron chi connectivity index (χ3n) is 3.50. The van der Waals surface area contributed by atoms with Crippen LogP contribution in [0.2, 0.25) is 0 Å². The molecule has 0 aliphatic carbocycles. The number of aliphatic carboxylic acids is 2. The Bertz CT molecular complexity index is 820. The number of para-hydroxylation sites is 1. The van der Waals surface area contributed by atoms with Crippen molar-refractivity contribution in [1.82, 2.24) is 10.6 Å². The Balaban J connectivity index is 0.000000656. The Morgan fingerprint density at radius 3 is 2.27 bits per heavy atom. The van der Waals surface area contributed by atoms with Crippen LogP contribution in [-0.2, 0) is 20.9 Å². The average molecular weight is 499 g/mol. The first kappa shape index (κ1) is 25.5. The first-order valence-corrected chi connectivity index (χ1v) is 10.5. The monoisotopic (exact) mass is 498 g/mol. The highest BCUT2D eigenvalue weighted by Crippen LogP contribution is 2.20. The molecule has 30 heavy (non-hydrogen) atoms. The number of nitrogens with one attached hydrogen (secondary N) is 2. The van der Waals surface area contributed by atoms with Crippen molar-refractivity contribution in [3.63, 3.8) is 0 Å². The second kappa shape index (κ2) is 14.4. The molecule has 0 unspecified atom stereocenters. The van der Waals surface area contributed by atoms with Crippen molar-refractivity contribution in [2.45, 2.75) is 11.4 Å². The molecule has 0 aromatic heterocycles. The maximum Gasteiger partial charge on any atom is 0.414 e. The zero-order chi connectivity index (χ0) is 22.4. The van der Waals surface area contributed by atoms with E-state index in [-0.39, 0.29) is 5.91 Å². The van der Waals surface area contributed by atoms with E-state index in [1.807, 2.05) is 36.4 Å². The SMILES string of the molecule is COc1ccccc1CNC(=O)CNCCSc1ccc(Br)cc1.O=C(O)C(=O)O. The lowest BCUT2D eigenvalue weighted by Crippen LogP contribution is -2.34. The second-order valence-electron chi connectivity index (χ2n) is 5.68. The molecule has 0 fully saturated rings. The highest BCUT2D eigenvalue weighted by Gasteiger charge is 2.05. The van der Waals surface area contributed by atoms with Gasteiger partial charge in [0.1, 0.15) is 5.75 Å². The number of carbonyl (C=O) groups is 3. The van der Waals surface area contributed by atoms with Gasteiger partial charge in [-0.15, -0.1) is 11.8 Å². The van der Waals surface area contributed by atoms with Crippen LogP contribution in [0, 0.1) is 0 Å². The van der Waals surface area contributed by atoms with E-state index < -0.39 is 11.9 Å². The van der Waals surface area contributed by atoms with Crippen molar-refractivity contribution in [2.24, 2.45) is 0 Å². The summed E-state index contributed by atoms with van der Waals surface area (Å²) < 4.78 is 6.35. The minimum absolute atomic E-state index is 0.0189. The Labute approximate surface area is 187 Å². The number of benzene rings is 2. The van der Waals surface area contributed by atoms with Crippen molar-refractivity contribution in [3.8, 4) is 5.75 Å². The van der Waals surface area contributed by atoms with Gasteiger partial charge in [0, 0.05) is 33.8 Å². The van der Waals surface area contributed by atoms with E-state index in [9.17, 15) is 4.79 Å². The van der Waals surface area contributed by atoms with Crippen LogP contribution in [0.25, 0.3) is 0 Å². The molecule has 2 rings (SSSR count). The standard InChI is InChI=1S/C18H21BrN2O2S.C2H2O4/c1-23-17-5-3-2-4-14(17)12-21-18(22)13-20-10-11-24-16-8-6-15(19)7-9-16;3-1(4)2(5)6/h2-9,20H,10-13H2,1H3,(H,21,22);(H,3,4)(H,5,6). The maximum atomic E-state index is 11.9. The van der Waals surface area contributed by atoms with Gasteiger partial charge in [0.2, 0.25) is 5.91 Å². The molecule has 10 heteroatoms. The van der Waals surface area contributed by atoms with Crippen LogP contribution in [0.1, 0.15) is 5.56 Å². The van der Waals surface area contributed by atoms with Gasteiger partial charge in [-0.2, -0.15) is 0 Å². The smallest absolute Gasteiger partial charge is 0.414 e. The van der Waals surface area contributed by atoms with Crippen LogP contribution in [0.15, 0.2) is 57.9 Å². The molecule has 2 aromatic carbocycles. The molecule has 0 bridgehead atoms. The summed E-state index contributed by atoms with van der Waals surface area (Å²) in [5, 5.41) is 20.8. The lowest BCUT2D eigenvalue weighted by molar-refractivity contribution is -0.159. The van der Waals surface area contributed by atoms with E-state index in [0.29, 0.717) is 13.1 Å². The summed E-state index contributed by atoms with van der Waals surface area (Å²) in [5.74, 6) is -1.96. The van der Waals surface area contributed by atoms with Crippen molar-refractivity contribution < 1.29 is 29.3 Å². The molecule has 0 heterocycles. The van der Waals surface area contributed by atoms with Crippen molar-refractivity contribution in [1.29, 1.82) is 0 Å². The van der Waals surface area contributed by atoms with Gasteiger partial charge in [0.25, 0.3) is 0 Å². The minimum Gasteiger partial charge on any atom is -0.496 e. The fourth-order valence-electron chi connectivity index (χ4n) is 2.08. The summed E-state index contributed by atoms with van der Waals surface area (Å²) in [5.41, 5.74) is 0.971. The second-order valence-corrected chi connectivity index (χ2v) is 7.76. The number of halogens is 1. The largest absolute Gasteiger partial charge is 0.496 e. The number of carboxylic acid groups (broad SMARTS) is 2. The molecule has 0 atom stereocenters. The van der Waals surface area contributed by atoms with E-state index in [1.165, 1.54) is 4.90 Å². The topological polar surface area (TPSA) is 125 Å². The van der Waals surface area contributed by atoms with Gasteiger partial charge in [-0.3, -0.25) is 4.79 Å². The van der Waals surface area contributed by atoms with E-state index >= 15 is 0 Å². The third-order valence-corrected chi connectivity index (χ3v) is 5.04. The molecule has 1 amide bonds. The van der Waals surface area contributed by atoms with Crippen LogP contribution >= 0.6 is 27.7 Å². The number of carboxylic acids is 2. The van der Waals surface area contributed by atoms with Crippen molar-refractivity contribution in [2.75, 3.05) is 26.0 Å². The number of methoxy groups -OCH3 is 1. The summed E-state index contributed by atoms with van der Waals surface area (Å²) in [4.78, 5) is 31.3. The Hall–Kier alpha value is -2.56. The van der Waals surface area contributed by atoms with E-state index in [2.05, 4.69) is 38.7 Å². The zero-order valence-electron chi connectivity index (χ0n) is 16.3. The van der Waals surface area contributed by atoms with Crippen LogP contribution < -0.4 is 15.4 Å². The quantitative estimate of drug-likeness (QED) is 0.236. The van der Waals surface area contributed by atoms with Crippen LogP contribution in [0.5, 0.6) is 5.75 Å². The summed E-state index contributed by atoms with van der Waals surface area (Å²) in [6, 6.07) is 15.9. The number of ether oxygens (including phenoxy) is 1.